The van der Waals surface area contributed by atoms with E-state index in [0.717, 1.165) is 17.0 Å². The SMILES string of the molecule is C[C@H](c1ccc(-n2cncn2)cc1)N(C)C[C@H](O)COc1ccc(-c2ccccc2)cc1. The molecule has 4 rings (SSSR count). The van der Waals surface area contributed by atoms with E-state index < -0.39 is 6.10 Å². The highest BCUT2D eigenvalue weighted by atomic mass is 16.5. The lowest BCUT2D eigenvalue weighted by Gasteiger charge is -2.27. The Morgan fingerprint density at radius 1 is 0.938 bits per heavy atom. The number of nitrogens with zero attached hydrogens (tertiary/aromatic N) is 4. The first kappa shape index (κ1) is 21.7. The molecule has 0 aliphatic carbocycles. The zero-order valence-corrected chi connectivity index (χ0v) is 18.4. The Morgan fingerprint density at radius 2 is 1.62 bits per heavy atom. The van der Waals surface area contributed by atoms with Gasteiger partial charge in [-0.1, -0.05) is 54.6 Å². The summed E-state index contributed by atoms with van der Waals surface area (Å²) in [5.41, 5.74) is 4.44. The van der Waals surface area contributed by atoms with Crippen molar-refractivity contribution in [3.63, 3.8) is 0 Å². The molecular weight excluding hydrogens is 400 g/mol. The van der Waals surface area contributed by atoms with E-state index in [-0.39, 0.29) is 12.6 Å². The van der Waals surface area contributed by atoms with Crippen LogP contribution in [0.1, 0.15) is 18.5 Å². The lowest BCUT2D eigenvalue weighted by atomic mass is 10.1. The summed E-state index contributed by atoms with van der Waals surface area (Å²) in [6.45, 7) is 2.88. The van der Waals surface area contributed by atoms with E-state index in [0.29, 0.717) is 6.54 Å². The summed E-state index contributed by atoms with van der Waals surface area (Å²) in [6.07, 6.45) is 2.60. The van der Waals surface area contributed by atoms with Crippen molar-refractivity contribution in [1.29, 1.82) is 0 Å². The molecule has 0 spiro atoms. The van der Waals surface area contributed by atoms with Crippen molar-refractivity contribution in [2.45, 2.75) is 19.1 Å². The number of hydrogen-bond acceptors (Lipinski definition) is 5. The number of ether oxygens (including phenoxy) is 1. The van der Waals surface area contributed by atoms with Gasteiger partial charge in [0, 0.05) is 12.6 Å². The van der Waals surface area contributed by atoms with Crippen molar-refractivity contribution in [3.8, 4) is 22.6 Å². The Kier molecular flexibility index (Phi) is 6.94. The van der Waals surface area contributed by atoms with Gasteiger partial charge in [-0.15, -0.1) is 0 Å². The van der Waals surface area contributed by atoms with Gasteiger partial charge in [0.25, 0.3) is 0 Å². The zero-order valence-electron chi connectivity index (χ0n) is 18.4. The van der Waals surface area contributed by atoms with Gasteiger partial charge < -0.3 is 9.84 Å². The summed E-state index contributed by atoms with van der Waals surface area (Å²) in [6, 6.07) is 26.5. The number of aliphatic hydroxyl groups is 1. The summed E-state index contributed by atoms with van der Waals surface area (Å²) >= 11 is 0. The lowest BCUT2D eigenvalue weighted by molar-refractivity contribution is 0.0654. The third-order valence-corrected chi connectivity index (χ3v) is 5.62. The summed E-state index contributed by atoms with van der Waals surface area (Å²) in [5.74, 6) is 0.753. The predicted octanol–water partition coefficient (Wildman–Crippen LogP) is 4.37. The Morgan fingerprint density at radius 3 is 2.28 bits per heavy atom. The highest BCUT2D eigenvalue weighted by Gasteiger charge is 2.16. The molecule has 1 N–H and O–H groups in total. The normalized spacial score (nSPS) is 13.1. The molecule has 0 unspecified atom stereocenters. The fourth-order valence-electron chi connectivity index (χ4n) is 3.61. The number of hydrogen-bond donors (Lipinski definition) is 1. The maximum absolute atomic E-state index is 10.5. The van der Waals surface area contributed by atoms with Crippen LogP contribution in [0.4, 0.5) is 0 Å². The van der Waals surface area contributed by atoms with Crippen LogP contribution in [0.25, 0.3) is 16.8 Å². The molecule has 0 fully saturated rings. The Labute approximate surface area is 188 Å². The minimum absolute atomic E-state index is 0.152. The van der Waals surface area contributed by atoms with Crippen LogP contribution in [0.2, 0.25) is 0 Å². The smallest absolute Gasteiger partial charge is 0.138 e. The van der Waals surface area contributed by atoms with Gasteiger partial charge in [0.15, 0.2) is 0 Å². The number of rotatable bonds is 9. The van der Waals surface area contributed by atoms with E-state index in [2.05, 4.69) is 46.2 Å². The first-order valence-electron chi connectivity index (χ1n) is 10.7. The van der Waals surface area contributed by atoms with Crippen molar-refractivity contribution in [1.82, 2.24) is 19.7 Å². The second kappa shape index (κ2) is 10.2. The van der Waals surface area contributed by atoms with Gasteiger partial charge in [-0.2, -0.15) is 5.10 Å². The molecule has 0 aliphatic rings. The van der Waals surface area contributed by atoms with Gasteiger partial charge in [0.2, 0.25) is 0 Å². The number of likely N-dealkylation sites (N-methyl/N-ethyl adjacent to an activating group) is 1. The molecule has 6 nitrogen and oxygen atoms in total. The molecule has 6 heteroatoms. The highest BCUT2D eigenvalue weighted by molar-refractivity contribution is 5.63. The van der Waals surface area contributed by atoms with E-state index in [1.807, 2.05) is 61.6 Å². The Hall–Kier alpha value is -3.48. The van der Waals surface area contributed by atoms with E-state index >= 15 is 0 Å². The average Bonchev–Trinajstić information content (AvgIpc) is 3.38. The minimum atomic E-state index is -0.592. The summed E-state index contributed by atoms with van der Waals surface area (Å²) in [5, 5.41) is 14.6. The maximum Gasteiger partial charge on any atom is 0.138 e. The predicted molar refractivity (Wildman–Crippen MR) is 126 cm³/mol. The molecular formula is C26H28N4O2. The van der Waals surface area contributed by atoms with Crippen LogP contribution in [0, 0.1) is 0 Å². The molecule has 0 saturated heterocycles. The molecule has 4 aromatic rings. The average molecular weight is 429 g/mol. The van der Waals surface area contributed by atoms with Crippen molar-refractivity contribution in [2.24, 2.45) is 0 Å². The van der Waals surface area contributed by atoms with Crippen LogP contribution in [0.15, 0.2) is 91.5 Å². The van der Waals surface area contributed by atoms with Gasteiger partial charge in [-0.25, -0.2) is 9.67 Å². The number of aliphatic hydroxyl groups excluding tert-OH is 1. The van der Waals surface area contributed by atoms with E-state index in [4.69, 9.17) is 4.74 Å². The minimum Gasteiger partial charge on any atom is -0.491 e. The number of aromatic nitrogens is 3. The van der Waals surface area contributed by atoms with Crippen LogP contribution >= 0.6 is 0 Å². The van der Waals surface area contributed by atoms with Crippen LogP contribution in [-0.2, 0) is 0 Å². The molecule has 0 aliphatic heterocycles. The summed E-state index contributed by atoms with van der Waals surface area (Å²) < 4.78 is 7.54. The van der Waals surface area contributed by atoms with Crippen LogP contribution < -0.4 is 4.74 Å². The Balaban J connectivity index is 1.27. The molecule has 1 heterocycles. The van der Waals surface area contributed by atoms with Gasteiger partial charge in [-0.3, -0.25) is 4.90 Å². The third-order valence-electron chi connectivity index (χ3n) is 5.62. The first-order chi connectivity index (χ1) is 15.6. The van der Waals surface area contributed by atoms with E-state index in [1.165, 1.54) is 17.5 Å². The molecule has 0 bridgehead atoms. The maximum atomic E-state index is 10.5. The van der Waals surface area contributed by atoms with Crippen LogP contribution in [-0.4, -0.2) is 51.1 Å². The molecule has 0 radical (unpaired) electrons. The molecule has 1 aromatic heterocycles. The first-order valence-corrected chi connectivity index (χ1v) is 10.7. The van der Waals surface area contributed by atoms with Gasteiger partial charge >= 0.3 is 0 Å². The lowest BCUT2D eigenvalue weighted by Crippen LogP contribution is -2.34. The molecule has 164 valence electrons. The third kappa shape index (κ3) is 5.41. The highest BCUT2D eigenvalue weighted by Crippen LogP contribution is 2.23. The zero-order chi connectivity index (χ0) is 22.3. The monoisotopic (exact) mass is 428 g/mol. The second-order valence-corrected chi connectivity index (χ2v) is 7.90. The second-order valence-electron chi connectivity index (χ2n) is 7.90. The summed E-state index contributed by atoms with van der Waals surface area (Å²) in [7, 11) is 2.01. The van der Waals surface area contributed by atoms with E-state index in [1.54, 1.807) is 11.0 Å². The molecule has 2 atom stereocenters. The van der Waals surface area contributed by atoms with Gasteiger partial charge in [-0.05, 0) is 54.9 Å². The van der Waals surface area contributed by atoms with Gasteiger partial charge in [0.1, 0.15) is 31.1 Å². The van der Waals surface area contributed by atoms with Crippen molar-refractivity contribution in [2.75, 3.05) is 20.2 Å². The van der Waals surface area contributed by atoms with Crippen molar-refractivity contribution >= 4 is 0 Å². The topological polar surface area (TPSA) is 63.4 Å². The molecule has 32 heavy (non-hydrogen) atoms. The van der Waals surface area contributed by atoms with Gasteiger partial charge in [0.05, 0.1) is 5.69 Å². The summed E-state index contributed by atoms with van der Waals surface area (Å²) in [4.78, 5) is 6.10. The largest absolute Gasteiger partial charge is 0.491 e. The fourth-order valence-corrected chi connectivity index (χ4v) is 3.61. The molecule has 0 amide bonds. The molecule has 3 aromatic carbocycles. The standard InChI is InChI=1S/C26H28N4O2/c1-20(21-8-12-24(13-9-21)30-19-27-18-28-30)29(2)16-25(31)17-32-26-14-10-23(11-15-26)22-6-4-3-5-7-22/h3-15,18-20,25,31H,16-17H2,1-2H3/t20-,25+/m1/s1. The Bertz CT molecular complexity index is 1080. The number of benzene rings is 3. The quantitative estimate of drug-likeness (QED) is 0.429. The fraction of sp³-hybridized carbons (Fsp3) is 0.231. The van der Waals surface area contributed by atoms with Crippen LogP contribution in [0.3, 0.4) is 0 Å². The van der Waals surface area contributed by atoms with E-state index in [9.17, 15) is 5.11 Å². The van der Waals surface area contributed by atoms with Crippen LogP contribution in [0.5, 0.6) is 5.75 Å². The molecule has 0 saturated carbocycles. The van der Waals surface area contributed by atoms with Crippen molar-refractivity contribution in [3.05, 3.63) is 97.1 Å². The van der Waals surface area contributed by atoms with Crippen molar-refractivity contribution < 1.29 is 9.84 Å².